The maximum Gasteiger partial charge on any atom is 0.479 e. The first-order chi connectivity index (χ1) is 4.33. The average Bonchev–Trinajstić information content (AvgIpc) is 1.60. The van der Waals surface area contributed by atoms with Crippen molar-refractivity contribution in [3.05, 3.63) is 0 Å². The Morgan fingerprint density at radius 1 is 1.50 bits per heavy atom. The van der Waals surface area contributed by atoms with Crippen LogP contribution >= 0.6 is 0 Å². The summed E-state index contributed by atoms with van der Waals surface area (Å²) in [5, 5.41) is 0. The molecular weight excluding hydrogens is 144 g/mol. The lowest BCUT2D eigenvalue weighted by Crippen LogP contribution is -2.21. The zero-order valence-corrected chi connectivity index (χ0v) is 5.90. The molecule has 0 bridgehead atoms. The van der Waals surface area contributed by atoms with E-state index in [1.165, 1.54) is 13.8 Å². The van der Waals surface area contributed by atoms with Gasteiger partial charge in [0.25, 0.3) is 0 Å². The van der Waals surface area contributed by atoms with Crippen molar-refractivity contribution in [2.75, 3.05) is 0 Å². The summed E-state index contributed by atoms with van der Waals surface area (Å²) in [4.78, 5) is 10.3. The van der Waals surface area contributed by atoms with Gasteiger partial charge in [-0.05, 0) is 12.8 Å². The highest BCUT2D eigenvalue weighted by Gasteiger charge is 2.26. The molecule has 0 amide bonds. The van der Waals surface area contributed by atoms with Crippen LogP contribution in [0.3, 0.4) is 0 Å². The molecule has 0 heterocycles. The Bertz CT molecular complexity index is 131. The van der Waals surface area contributed by atoms with E-state index in [1.54, 1.807) is 0 Å². The molecule has 0 radical (unpaired) electrons. The van der Waals surface area contributed by atoms with Crippen LogP contribution in [0, 0.1) is 5.92 Å². The van der Waals surface area contributed by atoms with E-state index >= 15 is 0 Å². The first-order valence-electron chi connectivity index (χ1n) is 3.04. The van der Waals surface area contributed by atoms with Crippen molar-refractivity contribution in [2.24, 2.45) is 5.92 Å². The third-order valence-electron chi connectivity index (χ3n) is 1.31. The molecule has 60 valence electrons. The predicted molar refractivity (Wildman–Crippen MR) is 33.7 cm³/mol. The van der Waals surface area contributed by atoms with Crippen LogP contribution in [0.15, 0.2) is 0 Å². The minimum Gasteiger partial charge on any atom is -0.449 e. The SMILES string of the molecule is CC(=O)C(C)C[B-](F)(F)F. The molecule has 0 rings (SSSR count). The third-order valence-corrected chi connectivity index (χ3v) is 1.31. The number of hydrogen-bond acceptors (Lipinski definition) is 1. The Hall–Kier alpha value is -0.475. The monoisotopic (exact) mass is 153 g/mol. The summed E-state index contributed by atoms with van der Waals surface area (Å²) in [5.74, 6) is -1.28. The molecular formula is C5H9BF3O-. The molecule has 0 aromatic rings. The summed E-state index contributed by atoms with van der Waals surface area (Å²) in [5.41, 5.74) is 0. The largest absolute Gasteiger partial charge is 0.479 e. The van der Waals surface area contributed by atoms with Crippen molar-refractivity contribution in [1.29, 1.82) is 0 Å². The van der Waals surface area contributed by atoms with Crippen LogP contribution in [0.2, 0.25) is 6.32 Å². The van der Waals surface area contributed by atoms with E-state index in [-0.39, 0.29) is 0 Å². The van der Waals surface area contributed by atoms with Gasteiger partial charge >= 0.3 is 6.98 Å². The summed E-state index contributed by atoms with van der Waals surface area (Å²) < 4.78 is 34.7. The Kier molecular flexibility index (Phi) is 2.93. The van der Waals surface area contributed by atoms with Crippen LogP contribution in [0.25, 0.3) is 0 Å². The fraction of sp³-hybridized carbons (Fsp3) is 0.800. The normalized spacial score (nSPS) is 14.9. The van der Waals surface area contributed by atoms with Crippen molar-refractivity contribution in [3.63, 3.8) is 0 Å². The van der Waals surface area contributed by atoms with Crippen LogP contribution in [0.5, 0.6) is 0 Å². The van der Waals surface area contributed by atoms with E-state index in [9.17, 15) is 17.7 Å². The van der Waals surface area contributed by atoms with Gasteiger partial charge in [0.1, 0.15) is 5.78 Å². The number of hydrogen-bond donors (Lipinski definition) is 0. The Labute approximate surface area is 57.7 Å². The zero-order valence-electron chi connectivity index (χ0n) is 5.90. The Morgan fingerprint density at radius 3 is 2.00 bits per heavy atom. The van der Waals surface area contributed by atoms with Gasteiger partial charge in [0, 0.05) is 0 Å². The third kappa shape index (κ3) is 4.41. The van der Waals surface area contributed by atoms with Gasteiger partial charge in [-0.15, -0.1) is 0 Å². The Morgan fingerprint density at radius 2 is 1.90 bits per heavy atom. The molecule has 0 fully saturated rings. The zero-order chi connectivity index (χ0) is 8.36. The lowest BCUT2D eigenvalue weighted by Gasteiger charge is -2.16. The van der Waals surface area contributed by atoms with Gasteiger partial charge in [-0.3, -0.25) is 4.79 Å². The summed E-state index contributed by atoms with van der Waals surface area (Å²) >= 11 is 0. The molecule has 0 spiro atoms. The molecule has 0 aliphatic carbocycles. The predicted octanol–water partition coefficient (Wildman–Crippen LogP) is 2.06. The van der Waals surface area contributed by atoms with Gasteiger partial charge in [-0.1, -0.05) is 13.2 Å². The number of rotatable bonds is 3. The molecule has 0 aromatic carbocycles. The van der Waals surface area contributed by atoms with E-state index in [0.717, 1.165) is 0 Å². The van der Waals surface area contributed by atoms with Crippen molar-refractivity contribution in [1.82, 2.24) is 0 Å². The quantitative estimate of drug-likeness (QED) is 0.567. The highest BCUT2D eigenvalue weighted by molar-refractivity contribution is 6.58. The molecule has 1 nitrogen and oxygen atoms in total. The van der Waals surface area contributed by atoms with Crippen molar-refractivity contribution >= 4 is 12.8 Å². The number of Topliss-reactive ketones (excluding diaryl/α,β-unsaturated/α-hetero) is 1. The van der Waals surface area contributed by atoms with E-state index in [0.29, 0.717) is 0 Å². The van der Waals surface area contributed by atoms with Crippen LogP contribution < -0.4 is 0 Å². The molecule has 0 aliphatic rings. The average molecular weight is 153 g/mol. The molecule has 1 unspecified atom stereocenters. The number of carbonyl (C=O) groups excluding carboxylic acids is 1. The second-order valence-electron chi connectivity index (χ2n) is 2.46. The minimum atomic E-state index is -4.80. The topological polar surface area (TPSA) is 17.1 Å². The van der Waals surface area contributed by atoms with Gasteiger partial charge in [0.05, 0.1) is 0 Å². The molecule has 0 saturated carbocycles. The van der Waals surface area contributed by atoms with E-state index in [1.807, 2.05) is 0 Å². The van der Waals surface area contributed by atoms with Crippen LogP contribution in [0.1, 0.15) is 13.8 Å². The first-order valence-corrected chi connectivity index (χ1v) is 3.04. The fourth-order valence-electron chi connectivity index (χ4n) is 0.567. The summed E-state index contributed by atoms with van der Waals surface area (Å²) in [7, 11) is 0. The standard InChI is InChI=1S/C5H9BF3O/c1-4(5(2)10)3-6(7,8)9/h4H,3H2,1-2H3/q-1. The van der Waals surface area contributed by atoms with Crippen LogP contribution in [-0.4, -0.2) is 12.8 Å². The number of ketones is 1. The maximum atomic E-state index is 11.6. The van der Waals surface area contributed by atoms with E-state index < -0.39 is 25.0 Å². The molecule has 0 saturated heterocycles. The second-order valence-corrected chi connectivity index (χ2v) is 2.46. The van der Waals surface area contributed by atoms with Crippen LogP contribution in [-0.2, 0) is 4.79 Å². The van der Waals surface area contributed by atoms with Gasteiger partial charge < -0.3 is 12.9 Å². The van der Waals surface area contributed by atoms with Crippen molar-refractivity contribution in [2.45, 2.75) is 20.2 Å². The van der Waals surface area contributed by atoms with Crippen molar-refractivity contribution < 1.29 is 17.7 Å². The van der Waals surface area contributed by atoms with Gasteiger partial charge in [0.2, 0.25) is 0 Å². The lowest BCUT2D eigenvalue weighted by atomic mass is 9.78. The maximum absolute atomic E-state index is 11.6. The van der Waals surface area contributed by atoms with Gasteiger partial charge in [0.15, 0.2) is 0 Å². The number of carbonyl (C=O) groups is 1. The molecule has 10 heavy (non-hydrogen) atoms. The molecule has 0 N–H and O–H groups in total. The van der Waals surface area contributed by atoms with Gasteiger partial charge in [-0.25, -0.2) is 0 Å². The minimum absolute atomic E-state index is 0.404. The molecule has 0 aliphatic heterocycles. The summed E-state index contributed by atoms with van der Waals surface area (Å²) in [6.45, 7) is -2.33. The Balaban J connectivity index is 3.80. The number of halogens is 3. The fourth-order valence-corrected chi connectivity index (χ4v) is 0.567. The first kappa shape index (κ1) is 9.52. The van der Waals surface area contributed by atoms with Gasteiger partial charge in [-0.2, -0.15) is 0 Å². The lowest BCUT2D eigenvalue weighted by molar-refractivity contribution is -0.119. The smallest absolute Gasteiger partial charge is 0.449 e. The highest BCUT2D eigenvalue weighted by Crippen LogP contribution is 2.21. The summed E-state index contributed by atoms with van der Waals surface area (Å²) in [6.07, 6.45) is -0.949. The highest BCUT2D eigenvalue weighted by atomic mass is 19.4. The second kappa shape index (κ2) is 3.08. The van der Waals surface area contributed by atoms with Crippen molar-refractivity contribution in [3.8, 4) is 0 Å². The van der Waals surface area contributed by atoms with E-state index in [2.05, 4.69) is 0 Å². The molecule has 5 heteroatoms. The summed E-state index contributed by atoms with van der Waals surface area (Å²) in [6, 6.07) is 0. The molecule has 1 atom stereocenters. The molecule has 0 aromatic heterocycles. The van der Waals surface area contributed by atoms with E-state index in [4.69, 9.17) is 0 Å². The van der Waals surface area contributed by atoms with Crippen LogP contribution in [0.4, 0.5) is 12.9 Å².